The van der Waals surface area contributed by atoms with Gasteiger partial charge >= 0.3 is 0 Å². The van der Waals surface area contributed by atoms with Crippen molar-refractivity contribution in [2.45, 2.75) is 19.9 Å². The molecule has 0 unspecified atom stereocenters. The van der Waals surface area contributed by atoms with Crippen LogP contribution >= 0.6 is 11.3 Å². The summed E-state index contributed by atoms with van der Waals surface area (Å²) >= 11 is 1.70. The van der Waals surface area contributed by atoms with Crippen LogP contribution in [-0.2, 0) is 17.8 Å². The maximum Gasteiger partial charge on any atom is 0.227 e. The van der Waals surface area contributed by atoms with E-state index in [1.54, 1.807) is 28.5 Å². The minimum absolute atomic E-state index is 0.0521. The first-order valence-corrected chi connectivity index (χ1v) is 7.89. The van der Waals surface area contributed by atoms with E-state index in [-0.39, 0.29) is 11.7 Å². The van der Waals surface area contributed by atoms with E-state index in [1.807, 2.05) is 7.05 Å². The fourth-order valence-electron chi connectivity index (χ4n) is 2.49. The van der Waals surface area contributed by atoms with Crippen molar-refractivity contribution in [3.63, 3.8) is 0 Å². The number of amides is 1. The number of rotatable bonds is 4. The standard InChI is InChI=1S/C17H17FN2OS/c1-11-3-5-14(22-11)10-20(2)17(21)7-12-9-19-16-8-13(18)4-6-15(12)16/h3-6,8-9,19H,7,10H2,1-2H3. The quantitative estimate of drug-likeness (QED) is 0.779. The Labute approximate surface area is 132 Å². The number of hydrogen-bond donors (Lipinski definition) is 1. The van der Waals surface area contributed by atoms with Crippen molar-refractivity contribution < 1.29 is 9.18 Å². The lowest BCUT2D eigenvalue weighted by Crippen LogP contribution is -2.27. The Morgan fingerprint density at radius 1 is 1.32 bits per heavy atom. The second-order valence-corrected chi connectivity index (χ2v) is 6.82. The van der Waals surface area contributed by atoms with E-state index < -0.39 is 0 Å². The molecule has 22 heavy (non-hydrogen) atoms. The van der Waals surface area contributed by atoms with E-state index in [0.717, 1.165) is 16.5 Å². The highest BCUT2D eigenvalue weighted by atomic mass is 32.1. The van der Waals surface area contributed by atoms with Crippen LogP contribution in [0, 0.1) is 12.7 Å². The number of likely N-dealkylation sites (N-methyl/N-ethyl adjacent to an activating group) is 1. The molecule has 0 saturated heterocycles. The maximum atomic E-state index is 13.2. The zero-order valence-electron chi connectivity index (χ0n) is 12.5. The molecule has 0 radical (unpaired) electrons. The van der Waals surface area contributed by atoms with Crippen LogP contribution in [-0.4, -0.2) is 22.8 Å². The maximum absolute atomic E-state index is 13.2. The number of aryl methyl sites for hydroxylation is 1. The molecule has 0 fully saturated rings. The number of nitrogens with zero attached hydrogens (tertiary/aromatic N) is 1. The number of aromatic nitrogens is 1. The predicted molar refractivity (Wildman–Crippen MR) is 87.5 cm³/mol. The summed E-state index contributed by atoms with van der Waals surface area (Å²) in [5.74, 6) is -0.228. The van der Waals surface area contributed by atoms with Crippen molar-refractivity contribution in [2.75, 3.05) is 7.05 Å². The number of hydrogen-bond acceptors (Lipinski definition) is 2. The average molecular weight is 316 g/mol. The molecule has 1 amide bonds. The Hall–Kier alpha value is -2.14. The summed E-state index contributed by atoms with van der Waals surface area (Å²) in [5.41, 5.74) is 1.62. The Balaban J connectivity index is 1.72. The summed E-state index contributed by atoms with van der Waals surface area (Å²) in [6, 6.07) is 8.70. The third-order valence-corrected chi connectivity index (χ3v) is 4.67. The van der Waals surface area contributed by atoms with Crippen LogP contribution in [0.2, 0.25) is 0 Å². The first-order chi connectivity index (χ1) is 10.5. The third-order valence-electron chi connectivity index (χ3n) is 3.69. The van der Waals surface area contributed by atoms with Crippen LogP contribution in [0.5, 0.6) is 0 Å². The zero-order valence-corrected chi connectivity index (χ0v) is 13.3. The summed E-state index contributed by atoms with van der Waals surface area (Å²) < 4.78 is 13.2. The summed E-state index contributed by atoms with van der Waals surface area (Å²) in [7, 11) is 1.81. The van der Waals surface area contributed by atoms with Gasteiger partial charge in [0.15, 0.2) is 0 Å². The van der Waals surface area contributed by atoms with E-state index in [2.05, 4.69) is 24.0 Å². The van der Waals surface area contributed by atoms with Gasteiger partial charge in [-0.3, -0.25) is 4.79 Å². The van der Waals surface area contributed by atoms with Crippen LogP contribution in [0.3, 0.4) is 0 Å². The second-order valence-electron chi connectivity index (χ2n) is 5.44. The van der Waals surface area contributed by atoms with Crippen LogP contribution < -0.4 is 0 Å². The van der Waals surface area contributed by atoms with Crippen molar-refractivity contribution in [3.8, 4) is 0 Å². The Morgan fingerprint density at radius 2 is 2.14 bits per heavy atom. The van der Waals surface area contributed by atoms with Gasteiger partial charge in [0, 0.05) is 33.9 Å². The van der Waals surface area contributed by atoms with Gasteiger partial charge in [-0.2, -0.15) is 0 Å². The SMILES string of the molecule is Cc1ccc(CN(C)C(=O)Cc2c[nH]c3cc(F)ccc23)s1. The lowest BCUT2D eigenvalue weighted by molar-refractivity contribution is -0.129. The molecule has 2 aromatic heterocycles. The summed E-state index contributed by atoms with van der Waals surface area (Å²) in [6.45, 7) is 2.68. The number of H-pyrrole nitrogens is 1. The number of halogens is 1. The van der Waals surface area contributed by atoms with Crippen molar-refractivity contribution >= 4 is 28.1 Å². The molecule has 1 N–H and O–H groups in total. The molecular weight excluding hydrogens is 299 g/mol. The van der Waals surface area contributed by atoms with Crippen molar-refractivity contribution in [3.05, 3.63) is 57.7 Å². The average Bonchev–Trinajstić information content (AvgIpc) is 3.05. The fraction of sp³-hybridized carbons (Fsp3) is 0.235. The van der Waals surface area contributed by atoms with Gasteiger partial charge in [-0.1, -0.05) is 0 Å². The van der Waals surface area contributed by atoms with Crippen LogP contribution in [0.25, 0.3) is 10.9 Å². The molecule has 5 heteroatoms. The van der Waals surface area contributed by atoms with E-state index >= 15 is 0 Å². The molecule has 2 heterocycles. The predicted octanol–water partition coefficient (Wildman–Crippen LogP) is 3.88. The number of nitrogens with one attached hydrogen (secondary N) is 1. The van der Waals surface area contributed by atoms with Gasteiger partial charge in [-0.25, -0.2) is 4.39 Å². The van der Waals surface area contributed by atoms with E-state index in [4.69, 9.17) is 0 Å². The number of benzene rings is 1. The van der Waals surface area contributed by atoms with Crippen molar-refractivity contribution in [1.82, 2.24) is 9.88 Å². The molecule has 0 aliphatic carbocycles. The fourth-order valence-corrected chi connectivity index (χ4v) is 3.44. The second kappa shape index (κ2) is 5.93. The Morgan fingerprint density at radius 3 is 2.86 bits per heavy atom. The molecule has 0 saturated carbocycles. The van der Waals surface area contributed by atoms with Gasteiger partial charge in [0.2, 0.25) is 5.91 Å². The van der Waals surface area contributed by atoms with E-state index in [0.29, 0.717) is 13.0 Å². The molecule has 3 aromatic rings. The topological polar surface area (TPSA) is 36.1 Å². The van der Waals surface area contributed by atoms with E-state index in [1.165, 1.54) is 21.9 Å². The molecule has 0 aliphatic rings. The monoisotopic (exact) mass is 316 g/mol. The van der Waals surface area contributed by atoms with Gasteiger partial charge in [0.25, 0.3) is 0 Å². The molecule has 0 spiro atoms. The number of thiophene rings is 1. The zero-order chi connectivity index (χ0) is 15.7. The largest absolute Gasteiger partial charge is 0.361 e. The van der Waals surface area contributed by atoms with Crippen LogP contribution in [0.1, 0.15) is 15.3 Å². The first kappa shape index (κ1) is 14.8. The van der Waals surface area contributed by atoms with Gasteiger partial charge in [0.1, 0.15) is 5.82 Å². The van der Waals surface area contributed by atoms with Crippen LogP contribution in [0.4, 0.5) is 4.39 Å². The summed E-state index contributed by atoms with van der Waals surface area (Å²) in [6.07, 6.45) is 2.09. The summed E-state index contributed by atoms with van der Waals surface area (Å²) in [4.78, 5) is 19.5. The smallest absolute Gasteiger partial charge is 0.227 e. The molecule has 3 rings (SSSR count). The third kappa shape index (κ3) is 3.04. The Bertz CT molecular complexity index is 821. The lowest BCUT2D eigenvalue weighted by atomic mass is 10.1. The highest BCUT2D eigenvalue weighted by molar-refractivity contribution is 7.11. The molecular formula is C17H17FN2OS. The van der Waals surface area contributed by atoms with E-state index in [9.17, 15) is 9.18 Å². The molecule has 0 atom stereocenters. The lowest BCUT2D eigenvalue weighted by Gasteiger charge is -2.16. The number of aromatic amines is 1. The highest BCUT2D eigenvalue weighted by Gasteiger charge is 2.14. The van der Waals surface area contributed by atoms with Gasteiger partial charge in [-0.05, 0) is 42.8 Å². The van der Waals surface area contributed by atoms with Crippen LogP contribution in [0.15, 0.2) is 36.5 Å². The minimum atomic E-state index is -0.280. The molecule has 114 valence electrons. The number of fused-ring (bicyclic) bond motifs is 1. The summed E-state index contributed by atoms with van der Waals surface area (Å²) in [5, 5.41) is 0.898. The minimum Gasteiger partial charge on any atom is -0.361 e. The van der Waals surface area contributed by atoms with Gasteiger partial charge in [0.05, 0.1) is 13.0 Å². The Kier molecular flexibility index (Phi) is 3.98. The molecule has 0 bridgehead atoms. The highest BCUT2D eigenvalue weighted by Crippen LogP contribution is 2.21. The molecule has 3 nitrogen and oxygen atoms in total. The number of carbonyl (C=O) groups is 1. The molecule has 0 aliphatic heterocycles. The number of carbonyl (C=O) groups excluding carboxylic acids is 1. The normalized spacial score (nSPS) is 11.0. The van der Waals surface area contributed by atoms with Gasteiger partial charge in [-0.15, -0.1) is 11.3 Å². The van der Waals surface area contributed by atoms with Crippen molar-refractivity contribution in [1.29, 1.82) is 0 Å². The van der Waals surface area contributed by atoms with Gasteiger partial charge < -0.3 is 9.88 Å². The first-order valence-electron chi connectivity index (χ1n) is 7.08. The molecule has 1 aromatic carbocycles. The van der Waals surface area contributed by atoms with Crippen molar-refractivity contribution in [2.24, 2.45) is 0 Å².